The molecule has 1 aliphatic heterocycles. The minimum atomic E-state index is -1.79. The molecule has 0 aromatic heterocycles. The Morgan fingerprint density at radius 1 is 1.02 bits per heavy atom. The molecule has 0 saturated carbocycles. The zero-order valence-corrected chi connectivity index (χ0v) is 26.2. The standard InChI is InChI=1S/C33H40F4N4O6/c1-17(2)12-26(41-33(46)32(45)40-25-9-5-7-18-6-3-4-8-21(18)25)31(44)39-15-19(22-10-11-38-30(22)43)13-20(42)16-47-29-27(36)23(34)14-24(35)28(29)37/h3-4,6,8,14,17,19,22,25-26,30,38,43H,5,7,9-13,15-16H2,1-2H3,(H,39,44)(H,40,45)(H,41,46)/t19?,22-,25-,26-,30?/m0/s1. The zero-order chi connectivity index (χ0) is 34.2. The van der Waals surface area contributed by atoms with Crippen LogP contribution in [0.1, 0.15) is 63.1 Å². The quantitative estimate of drug-likeness (QED) is 0.126. The number of fused-ring (bicyclic) bond motifs is 1. The number of aliphatic hydroxyl groups is 1. The Balaban J connectivity index is 1.38. The average molecular weight is 665 g/mol. The molecule has 14 heteroatoms. The fourth-order valence-electron chi connectivity index (χ4n) is 6.17. The van der Waals surface area contributed by atoms with Crippen LogP contribution in [0, 0.1) is 41.0 Å². The van der Waals surface area contributed by atoms with Crippen molar-refractivity contribution in [2.24, 2.45) is 17.8 Å². The molecule has 2 aromatic carbocycles. The predicted octanol–water partition coefficient (Wildman–Crippen LogP) is 2.97. The van der Waals surface area contributed by atoms with Gasteiger partial charge in [-0.05, 0) is 61.6 Å². The lowest BCUT2D eigenvalue weighted by Crippen LogP contribution is -2.53. The largest absolute Gasteiger partial charge is 0.480 e. The number of rotatable bonds is 13. The van der Waals surface area contributed by atoms with Crippen molar-refractivity contribution in [3.05, 3.63) is 64.7 Å². The predicted molar refractivity (Wildman–Crippen MR) is 162 cm³/mol. The number of amides is 3. The van der Waals surface area contributed by atoms with Gasteiger partial charge >= 0.3 is 11.8 Å². The van der Waals surface area contributed by atoms with Crippen LogP contribution in [-0.2, 0) is 25.6 Å². The third-order valence-corrected chi connectivity index (χ3v) is 8.53. The first-order chi connectivity index (χ1) is 22.3. The van der Waals surface area contributed by atoms with Gasteiger partial charge in [-0.15, -0.1) is 0 Å². The van der Waals surface area contributed by atoms with Crippen LogP contribution in [0.25, 0.3) is 0 Å². The van der Waals surface area contributed by atoms with E-state index in [0.29, 0.717) is 19.4 Å². The number of Topliss-reactive ketones (excluding diaryl/α,β-unsaturated/α-hetero) is 1. The van der Waals surface area contributed by atoms with Crippen molar-refractivity contribution in [1.29, 1.82) is 0 Å². The third-order valence-electron chi connectivity index (χ3n) is 8.53. The lowest BCUT2D eigenvalue weighted by molar-refractivity contribution is -0.141. The highest BCUT2D eigenvalue weighted by molar-refractivity contribution is 6.35. The second-order valence-corrected chi connectivity index (χ2v) is 12.5. The van der Waals surface area contributed by atoms with Crippen molar-refractivity contribution in [3.63, 3.8) is 0 Å². The monoisotopic (exact) mass is 664 g/mol. The molecule has 5 atom stereocenters. The van der Waals surface area contributed by atoms with E-state index in [2.05, 4.69) is 21.3 Å². The summed E-state index contributed by atoms with van der Waals surface area (Å²) in [5.41, 5.74) is 2.05. The van der Waals surface area contributed by atoms with Crippen molar-refractivity contribution in [2.75, 3.05) is 19.7 Å². The first-order valence-corrected chi connectivity index (χ1v) is 15.7. The molecule has 256 valence electrons. The van der Waals surface area contributed by atoms with Crippen LogP contribution in [0.3, 0.4) is 0 Å². The number of benzene rings is 2. The van der Waals surface area contributed by atoms with Gasteiger partial charge in [0.25, 0.3) is 0 Å². The van der Waals surface area contributed by atoms with Crippen LogP contribution in [0.4, 0.5) is 17.6 Å². The normalized spacial score (nSPS) is 20.2. The second kappa shape index (κ2) is 16.2. The minimum absolute atomic E-state index is 0.0177. The molecular weight excluding hydrogens is 624 g/mol. The first-order valence-electron chi connectivity index (χ1n) is 15.7. The maximum Gasteiger partial charge on any atom is 0.309 e. The number of carbonyl (C=O) groups excluding carboxylic acids is 4. The van der Waals surface area contributed by atoms with Gasteiger partial charge in [0.05, 0.1) is 6.04 Å². The average Bonchev–Trinajstić information content (AvgIpc) is 3.46. The molecule has 4 rings (SSSR count). The molecule has 2 aromatic rings. The zero-order valence-electron chi connectivity index (χ0n) is 26.2. The number of nitrogens with one attached hydrogen (secondary N) is 4. The van der Waals surface area contributed by atoms with E-state index >= 15 is 0 Å². The van der Waals surface area contributed by atoms with Crippen LogP contribution < -0.4 is 26.0 Å². The number of aliphatic hydroxyl groups excluding tert-OH is 1. The summed E-state index contributed by atoms with van der Waals surface area (Å²) in [5, 5.41) is 21.3. The van der Waals surface area contributed by atoms with Gasteiger partial charge in [-0.3, -0.25) is 24.5 Å². The smallest absolute Gasteiger partial charge is 0.309 e. The fraction of sp³-hybridized carbons (Fsp3) is 0.515. The summed E-state index contributed by atoms with van der Waals surface area (Å²) >= 11 is 0. The Labute approximate surface area is 270 Å². The number of hydrogen-bond donors (Lipinski definition) is 5. The molecule has 0 radical (unpaired) electrons. The number of ether oxygens (including phenoxy) is 1. The van der Waals surface area contributed by atoms with E-state index in [4.69, 9.17) is 4.74 Å². The van der Waals surface area contributed by atoms with Crippen LogP contribution in [0.5, 0.6) is 5.75 Å². The Kier molecular flexibility index (Phi) is 12.3. The minimum Gasteiger partial charge on any atom is -0.480 e. The van der Waals surface area contributed by atoms with Gasteiger partial charge in [0, 0.05) is 24.9 Å². The molecule has 2 unspecified atom stereocenters. The molecule has 1 aliphatic carbocycles. The summed E-state index contributed by atoms with van der Waals surface area (Å²) < 4.78 is 59.8. The summed E-state index contributed by atoms with van der Waals surface area (Å²) in [6, 6.07) is 6.27. The highest BCUT2D eigenvalue weighted by atomic mass is 19.2. The van der Waals surface area contributed by atoms with Crippen molar-refractivity contribution >= 4 is 23.5 Å². The molecule has 1 saturated heterocycles. The van der Waals surface area contributed by atoms with Crippen LogP contribution in [-0.4, -0.2) is 60.6 Å². The van der Waals surface area contributed by atoms with Gasteiger partial charge in [-0.1, -0.05) is 38.1 Å². The molecule has 47 heavy (non-hydrogen) atoms. The summed E-state index contributed by atoms with van der Waals surface area (Å²) in [6.45, 7) is 3.03. The Morgan fingerprint density at radius 2 is 1.72 bits per heavy atom. The summed E-state index contributed by atoms with van der Waals surface area (Å²) in [6.07, 6.45) is 1.69. The maximum absolute atomic E-state index is 14.0. The summed E-state index contributed by atoms with van der Waals surface area (Å²) in [5.74, 6) is -12.7. The van der Waals surface area contributed by atoms with Gasteiger partial charge in [-0.2, -0.15) is 8.78 Å². The first kappa shape index (κ1) is 35.8. The lowest BCUT2D eigenvalue weighted by Gasteiger charge is -2.28. The summed E-state index contributed by atoms with van der Waals surface area (Å²) in [4.78, 5) is 51.9. The second-order valence-electron chi connectivity index (χ2n) is 12.5. The van der Waals surface area contributed by atoms with E-state index in [1.54, 1.807) is 0 Å². The van der Waals surface area contributed by atoms with Crippen molar-refractivity contribution in [3.8, 4) is 5.75 Å². The van der Waals surface area contributed by atoms with Crippen molar-refractivity contribution in [2.45, 2.75) is 70.7 Å². The van der Waals surface area contributed by atoms with Crippen LogP contribution in [0.15, 0.2) is 30.3 Å². The number of halogens is 4. The van der Waals surface area contributed by atoms with Crippen LogP contribution >= 0.6 is 0 Å². The molecule has 10 nitrogen and oxygen atoms in total. The molecular formula is C33H40F4N4O6. The van der Waals surface area contributed by atoms with E-state index in [9.17, 15) is 41.8 Å². The van der Waals surface area contributed by atoms with E-state index in [-0.39, 0.29) is 37.4 Å². The van der Waals surface area contributed by atoms with E-state index in [1.165, 1.54) is 0 Å². The Morgan fingerprint density at radius 3 is 2.38 bits per heavy atom. The topological polar surface area (TPSA) is 146 Å². The Bertz CT molecular complexity index is 1450. The highest BCUT2D eigenvalue weighted by Gasteiger charge is 2.35. The SMILES string of the molecule is CC(C)C[C@H](NC(=O)C(=O)N[C@H]1CCCc2ccccc21)C(=O)NCC(CC(=O)COc1c(F)c(F)cc(F)c1F)[C@@H]1CCNC1O. The van der Waals surface area contributed by atoms with E-state index in [0.717, 1.165) is 24.0 Å². The van der Waals surface area contributed by atoms with E-state index in [1.807, 2.05) is 38.1 Å². The number of aryl methyl sites for hydroxylation is 1. The number of carbonyl (C=O) groups is 4. The fourth-order valence-corrected chi connectivity index (χ4v) is 6.17. The molecule has 0 bridgehead atoms. The van der Waals surface area contributed by atoms with E-state index < -0.39 is 83.2 Å². The molecule has 2 aliphatic rings. The van der Waals surface area contributed by atoms with Crippen LogP contribution in [0.2, 0.25) is 0 Å². The molecule has 3 amide bonds. The lowest BCUT2D eigenvalue weighted by atomic mass is 9.86. The molecule has 1 fully saturated rings. The van der Waals surface area contributed by atoms with Crippen molar-refractivity contribution < 1.29 is 46.6 Å². The van der Waals surface area contributed by atoms with Gasteiger partial charge in [0.2, 0.25) is 17.5 Å². The molecule has 0 spiro atoms. The van der Waals surface area contributed by atoms with Crippen molar-refractivity contribution in [1.82, 2.24) is 21.3 Å². The summed E-state index contributed by atoms with van der Waals surface area (Å²) in [7, 11) is 0. The number of hydrogen-bond acceptors (Lipinski definition) is 7. The van der Waals surface area contributed by atoms with Gasteiger partial charge < -0.3 is 25.8 Å². The van der Waals surface area contributed by atoms with Gasteiger partial charge in [-0.25, -0.2) is 8.78 Å². The molecule has 5 N–H and O–H groups in total. The highest BCUT2D eigenvalue weighted by Crippen LogP contribution is 2.30. The number of ketones is 1. The molecule has 1 heterocycles. The third kappa shape index (κ3) is 9.28. The van der Waals surface area contributed by atoms with Gasteiger partial charge in [0.15, 0.2) is 23.2 Å². The maximum atomic E-state index is 14.0. The Hall–Kier alpha value is -4.04. The van der Waals surface area contributed by atoms with Gasteiger partial charge in [0.1, 0.15) is 18.9 Å².